The molecule has 1 aliphatic carbocycles. The summed E-state index contributed by atoms with van der Waals surface area (Å²) in [6, 6.07) is 10.8. The summed E-state index contributed by atoms with van der Waals surface area (Å²) in [5, 5.41) is 9.41. The third-order valence-electron chi connectivity index (χ3n) is 4.92. The fraction of sp³-hybridized carbons (Fsp3) is 0.611. The van der Waals surface area contributed by atoms with Crippen LogP contribution in [-0.2, 0) is 11.3 Å². The van der Waals surface area contributed by atoms with Crippen LogP contribution in [0.5, 0.6) is 0 Å². The van der Waals surface area contributed by atoms with Gasteiger partial charge in [0, 0.05) is 38.1 Å². The Kier molecular flexibility index (Phi) is 4.79. The number of rotatable bonds is 3. The fourth-order valence-electron chi connectivity index (χ4n) is 3.59. The molecule has 1 saturated heterocycles. The average molecular weight is 302 g/mol. The van der Waals surface area contributed by atoms with Crippen LogP contribution in [0.2, 0.25) is 0 Å². The number of aliphatic hydroxyl groups is 1. The maximum atomic E-state index is 12.6. The highest BCUT2D eigenvalue weighted by Crippen LogP contribution is 2.30. The summed E-state index contributed by atoms with van der Waals surface area (Å²) >= 11 is 0. The summed E-state index contributed by atoms with van der Waals surface area (Å²) in [6.07, 6.45) is 2.06. The molecule has 1 aromatic rings. The molecule has 4 heteroatoms. The van der Waals surface area contributed by atoms with Crippen LogP contribution in [-0.4, -0.2) is 52.6 Å². The molecule has 1 amide bonds. The maximum absolute atomic E-state index is 12.6. The highest BCUT2D eigenvalue weighted by molar-refractivity contribution is 5.80. The molecule has 1 heterocycles. The lowest BCUT2D eigenvalue weighted by atomic mass is 9.81. The molecule has 120 valence electrons. The zero-order valence-electron chi connectivity index (χ0n) is 13.3. The zero-order valence-corrected chi connectivity index (χ0v) is 13.3. The molecule has 0 aromatic heterocycles. The third-order valence-corrected chi connectivity index (χ3v) is 4.92. The van der Waals surface area contributed by atoms with E-state index < -0.39 is 0 Å². The normalized spacial score (nSPS) is 29.7. The van der Waals surface area contributed by atoms with Crippen molar-refractivity contribution in [1.29, 1.82) is 0 Å². The molecule has 1 N–H and O–H groups in total. The van der Waals surface area contributed by atoms with Crippen molar-refractivity contribution in [2.24, 2.45) is 5.92 Å². The first-order valence-electron chi connectivity index (χ1n) is 8.38. The number of nitrogens with zero attached hydrogens (tertiary/aromatic N) is 2. The predicted octanol–water partition coefficient (Wildman–Crippen LogP) is 1.88. The Hall–Kier alpha value is -1.39. The van der Waals surface area contributed by atoms with Gasteiger partial charge < -0.3 is 10.0 Å². The number of amides is 1. The van der Waals surface area contributed by atoms with Gasteiger partial charge in [-0.1, -0.05) is 30.3 Å². The van der Waals surface area contributed by atoms with E-state index in [4.69, 9.17) is 0 Å². The molecule has 4 nitrogen and oxygen atoms in total. The second-order valence-electron chi connectivity index (χ2n) is 6.78. The molecule has 0 radical (unpaired) electrons. The molecule has 2 aliphatic rings. The largest absolute Gasteiger partial charge is 0.393 e. The predicted molar refractivity (Wildman–Crippen MR) is 86.2 cm³/mol. The molecule has 22 heavy (non-hydrogen) atoms. The SMILES string of the molecule is CC1CN(Cc2ccccc2)CCCN1C(=O)C1CC(O)C1. The van der Waals surface area contributed by atoms with E-state index in [0.717, 1.165) is 32.6 Å². The van der Waals surface area contributed by atoms with Crippen LogP contribution in [0.1, 0.15) is 31.7 Å². The van der Waals surface area contributed by atoms with Crippen molar-refractivity contribution in [2.45, 2.75) is 44.9 Å². The van der Waals surface area contributed by atoms with Gasteiger partial charge in [-0.2, -0.15) is 0 Å². The van der Waals surface area contributed by atoms with E-state index in [1.807, 2.05) is 11.0 Å². The third kappa shape index (κ3) is 3.50. The number of hydrogen-bond acceptors (Lipinski definition) is 3. The molecular formula is C18H26N2O2. The molecule has 0 spiro atoms. The lowest BCUT2D eigenvalue weighted by molar-refractivity contribution is -0.144. The van der Waals surface area contributed by atoms with Crippen LogP contribution in [0.3, 0.4) is 0 Å². The Bertz CT molecular complexity index is 499. The summed E-state index contributed by atoms with van der Waals surface area (Å²) in [7, 11) is 0. The van der Waals surface area contributed by atoms with Crippen LogP contribution in [0.15, 0.2) is 30.3 Å². The van der Waals surface area contributed by atoms with Gasteiger partial charge in [-0.15, -0.1) is 0 Å². The Morgan fingerprint density at radius 2 is 1.95 bits per heavy atom. The molecule has 1 unspecified atom stereocenters. The van der Waals surface area contributed by atoms with E-state index in [1.54, 1.807) is 0 Å². The first kappa shape index (κ1) is 15.5. The van der Waals surface area contributed by atoms with Crippen LogP contribution in [0, 0.1) is 5.92 Å². The van der Waals surface area contributed by atoms with Crippen molar-refractivity contribution in [2.75, 3.05) is 19.6 Å². The molecular weight excluding hydrogens is 276 g/mol. The molecule has 0 bridgehead atoms. The van der Waals surface area contributed by atoms with Crippen molar-refractivity contribution < 1.29 is 9.90 Å². The summed E-state index contributed by atoms with van der Waals surface area (Å²) in [4.78, 5) is 17.0. The quantitative estimate of drug-likeness (QED) is 0.927. The summed E-state index contributed by atoms with van der Waals surface area (Å²) < 4.78 is 0. The Balaban J connectivity index is 1.58. The Morgan fingerprint density at radius 3 is 2.64 bits per heavy atom. The molecule has 2 fully saturated rings. The Morgan fingerprint density at radius 1 is 1.23 bits per heavy atom. The lowest BCUT2D eigenvalue weighted by Crippen LogP contribution is -2.49. The smallest absolute Gasteiger partial charge is 0.226 e. The summed E-state index contributed by atoms with van der Waals surface area (Å²) in [6.45, 7) is 5.91. The van der Waals surface area contributed by atoms with E-state index in [1.165, 1.54) is 5.56 Å². The monoisotopic (exact) mass is 302 g/mol. The van der Waals surface area contributed by atoms with E-state index in [-0.39, 0.29) is 24.0 Å². The van der Waals surface area contributed by atoms with Gasteiger partial charge in [0.1, 0.15) is 0 Å². The van der Waals surface area contributed by atoms with Gasteiger partial charge in [0.25, 0.3) is 0 Å². The summed E-state index contributed by atoms with van der Waals surface area (Å²) in [5.41, 5.74) is 1.33. The van der Waals surface area contributed by atoms with Gasteiger partial charge in [-0.05, 0) is 31.7 Å². The van der Waals surface area contributed by atoms with Crippen LogP contribution >= 0.6 is 0 Å². The number of carbonyl (C=O) groups excluding carboxylic acids is 1. The summed E-state index contributed by atoms with van der Waals surface area (Å²) in [5.74, 6) is 0.303. The Labute approximate surface area is 132 Å². The van der Waals surface area contributed by atoms with Crippen molar-refractivity contribution in [1.82, 2.24) is 9.80 Å². The second-order valence-corrected chi connectivity index (χ2v) is 6.78. The van der Waals surface area contributed by atoms with E-state index >= 15 is 0 Å². The molecule has 1 atom stereocenters. The number of hydrogen-bond donors (Lipinski definition) is 1. The van der Waals surface area contributed by atoms with Gasteiger partial charge in [0.2, 0.25) is 5.91 Å². The van der Waals surface area contributed by atoms with Gasteiger partial charge in [0.05, 0.1) is 6.10 Å². The average Bonchev–Trinajstić information content (AvgIpc) is 2.66. The fourth-order valence-corrected chi connectivity index (χ4v) is 3.59. The van der Waals surface area contributed by atoms with E-state index in [0.29, 0.717) is 12.8 Å². The molecule has 1 aliphatic heterocycles. The van der Waals surface area contributed by atoms with Crippen LogP contribution < -0.4 is 0 Å². The zero-order chi connectivity index (χ0) is 15.5. The van der Waals surface area contributed by atoms with Crippen molar-refractivity contribution >= 4 is 5.91 Å². The van der Waals surface area contributed by atoms with Crippen molar-refractivity contribution in [3.8, 4) is 0 Å². The van der Waals surface area contributed by atoms with Crippen molar-refractivity contribution in [3.05, 3.63) is 35.9 Å². The number of carbonyl (C=O) groups is 1. The topological polar surface area (TPSA) is 43.8 Å². The van der Waals surface area contributed by atoms with Crippen molar-refractivity contribution in [3.63, 3.8) is 0 Å². The molecule has 1 aromatic carbocycles. The van der Waals surface area contributed by atoms with Gasteiger partial charge in [-0.3, -0.25) is 9.69 Å². The second kappa shape index (κ2) is 6.80. The first-order valence-corrected chi connectivity index (χ1v) is 8.38. The van der Waals surface area contributed by atoms with E-state index in [2.05, 4.69) is 36.1 Å². The van der Waals surface area contributed by atoms with Crippen LogP contribution in [0.25, 0.3) is 0 Å². The lowest BCUT2D eigenvalue weighted by Gasteiger charge is -2.37. The van der Waals surface area contributed by atoms with Crippen LogP contribution in [0.4, 0.5) is 0 Å². The molecule has 3 rings (SSSR count). The first-order chi connectivity index (χ1) is 10.6. The van der Waals surface area contributed by atoms with Gasteiger partial charge >= 0.3 is 0 Å². The van der Waals surface area contributed by atoms with E-state index in [9.17, 15) is 9.90 Å². The maximum Gasteiger partial charge on any atom is 0.226 e. The number of benzene rings is 1. The minimum Gasteiger partial charge on any atom is -0.393 e. The minimum absolute atomic E-state index is 0.0538. The minimum atomic E-state index is -0.259. The molecule has 1 saturated carbocycles. The van der Waals surface area contributed by atoms with Gasteiger partial charge in [-0.25, -0.2) is 0 Å². The van der Waals surface area contributed by atoms with Gasteiger partial charge in [0.15, 0.2) is 0 Å². The number of aliphatic hydroxyl groups excluding tert-OH is 1. The standard InChI is InChI=1S/C18H26N2O2/c1-14-12-19(13-15-6-3-2-4-7-15)8-5-9-20(14)18(22)16-10-17(21)11-16/h2-4,6-7,14,16-17,21H,5,8-13H2,1H3. The highest BCUT2D eigenvalue weighted by Gasteiger charge is 2.37. The highest BCUT2D eigenvalue weighted by atomic mass is 16.3.